The lowest BCUT2D eigenvalue weighted by Gasteiger charge is -2.31. The van der Waals surface area contributed by atoms with Crippen LogP contribution in [0.3, 0.4) is 0 Å². The lowest BCUT2D eigenvalue weighted by Crippen LogP contribution is -2.46. The van der Waals surface area contributed by atoms with Gasteiger partial charge in [-0.2, -0.15) is 0 Å². The summed E-state index contributed by atoms with van der Waals surface area (Å²) >= 11 is 0. The number of aryl methyl sites for hydroxylation is 1. The molecule has 0 aliphatic carbocycles. The van der Waals surface area contributed by atoms with Crippen LogP contribution in [0, 0.1) is 0 Å². The quantitative estimate of drug-likeness (QED) is 0.655. The molecule has 1 saturated heterocycles. The van der Waals surface area contributed by atoms with Crippen molar-refractivity contribution in [3.05, 3.63) is 83.4 Å². The molecule has 1 aliphatic heterocycles. The second-order valence-corrected chi connectivity index (χ2v) is 9.87. The summed E-state index contributed by atoms with van der Waals surface area (Å²) in [6.07, 6.45) is 4.69. The van der Waals surface area contributed by atoms with E-state index < -0.39 is 10.0 Å². The largest absolute Gasteiger partial charge is 0.350 e. The Balaban J connectivity index is 1.44. The van der Waals surface area contributed by atoms with Crippen LogP contribution in [0.2, 0.25) is 0 Å². The van der Waals surface area contributed by atoms with Crippen molar-refractivity contribution >= 4 is 15.9 Å². The van der Waals surface area contributed by atoms with Gasteiger partial charge in [-0.3, -0.25) is 4.79 Å². The van der Waals surface area contributed by atoms with Crippen molar-refractivity contribution in [2.75, 3.05) is 13.1 Å². The molecule has 0 bridgehead atoms. The lowest BCUT2D eigenvalue weighted by molar-refractivity contribution is -0.117. The fourth-order valence-electron chi connectivity index (χ4n) is 3.68. The van der Waals surface area contributed by atoms with Crippen LogP contribution in [0.4, 0.5) is 0 Å². The highest BCUT2D eigenvalue weighted by Gasteiger charge is 2.28. The van der Waals surface area contributed by atoms with Crippen LogP contribution in [0.25, 0.3) is 0 Å². The molecular formula is C24H30N2O3S. The molecule has 0 atom stereocenters. The van der Waals surface area contributed by atoms with E-state index in [-0.39, 0.29) is 17.7 Å². The van der Waals surface area contributed by atoms with Gasteiger partial charge in [-0.05, 0) is 43.7 Å². The molecule has 1 N–H and O–H groups in total. The first kappa shape index (κ1) is 22.2. The van der Waals surface area contributed by atoms with E-state index in [1.807, 2.05) is 55.5 Å². The van der Waals surface area contributed by atoms with Gasteiger partial charge in [0.2, 0.25) is 15.9 Å². The second kappa shape index (κ2) is 10.5. The Morgan fingerprint density at radius 2 is 1.57 bits per heavy atom. The minimum absolute atomic E-state index is 0.0128. The van der Waals surface area contributed by atoms with Crippen LogP contribution < -0.4 is 5.32 Å². The summed E-state index contributed by atoms with van der Waals surface area (Å²) in [5, 5.41) is 3.03. The van der Waals surface area contributed by atoms with Crippen molar-refractivity contribution in [1.29, 1.82) is 0 Å². The topological polar surface area (TPSA) is 66.5 Å². The van der Waals surface area contributed by atoms with Gasteiger partial charge in [0.25, 0.3) is 0 Å². The van der Waals surface area contributed by atoms with E-state index in [1.54, 1.807) is 10.4 Å². The van der Waals surface area contributed by atoms with Crippen LogP contribution in [-0.4, -0.2) is 37.8 Å². The van der Waals surface area contributed by atoms with Gasteiger partial charge in [0.05, 0.1) is 5.75 Å². The van der Waals surface area contributed by atoms with Gasteiger partial charge >= 0.3 is 0 Å². The summed E-state index contributed by atoms with van der Waals surface area (Å²) in [4.78, 5) is 12.3. The molecule has 1 fully saturated rings. The maximum Gasteiger partial charge on any atom is 0.244 e. The van der Waals surface area contributed by atoms with Gasteiger partial charge < -0.3 is 5.32 Å². The number of hydrogen-bond acceptors (Lipinski definition) is 3. The summed E-state index contributed by atoms with van der Waals surface area (Å²) in [6.45, 7) is 2.86. The third-order valence-corrected chi connectivity index (χ3v) is 7.26. The van der Waals surface area contributed by atoms with E-state index >= 15 is 0 Å². The number of allylic oxidation sites excluding steroid dienone is 1. The standard InChI is InChI=1S/C24H30N2O3S/c1-20(12-13-21-8-4-2-5-9-21)18-24(27)25-23-14-16-26(17-15-23)30(28,29)19-22-10-6-3-7-11-22/h2-11,18,23H,12-17,19H2,1H3,(H,25,27)/b20-18-. The molecule has 2 aromatic carbocycles. The Kier molecular flexibility index (Phi) is 7.82. The van der Waals surface area contributed by atoms with Gasteiger partial charge in [-0.1, -0.05) is 66.2 Å². The average Bonchev–Trinajstić information content (AvgIpc) is 2.74. The number of amides is 1. The number of carbonyl (C=O) groups is 1. The second-order valence-electron chi connectivity index (χ2n) is 7.90. The fraction of sp³-hybridized carbons (Fsp3) is 0.375. The number of nitrogens with zero attached hydrogens (tertiary/aromatic N) is 1. The normalized spacial score (nSPS) is 16.4. The molecule has 1 heterocycles. The van der Waals surface area contributed by atoms with E-state index in [4.69, 9.17) is 0 Å². The monoisotopic (exact) mass is 426 g/mol. The molecule has 1 amide bonds. The summed E-state index contributed by atoms with van der Waals surface area (Å²) in [5.41, 5.74) is 3.10. The molecule has 160 valence electrons. The summed E-state index contributed by atoms with van der Waals surface area (Å²) < 4.78 is 26.8. The van der Waals surface area contributed by atoms with Crippen molar-refractivity contribution in [1.82, 2.24) is 9.62 Å². The molecule has 3 rings (SSSR count). The zero-order valence-corrected chi connectivity index (χ0v) is 18.3. The molecule has 2 aromatic rings. The number of hydrogen-bond donors (Lipinski definition) is 1. The molecule has 0 radical (unpaired) electrons. The predicted molar refractivity (Wildman–Crippen MR) is 120 cm³/mol. The molecule has 1 aliphatic rings. The number of sulfonamides is 1. The molecule has 0 unspecified atom stereocenters. The average molecular weight is 427 g/mol. The number of rotatable bonds is 8. The van der Waals surface area contributed by atoms with Crippen LogP contribution >= 0.6 is 0 Å². The van der Waals surface area contributed by atoms with Crippen LogP contribution in [0.1, 0.15) is 37.3 Å². The zero-order chi connectivity index (χ0) is 21.4. The van der Waals surface area contributed by atoms with Crippen LogP contribution in [0.15, 0.2) is 72.3 Å². The third-order valence-electron chi connectivity index (χ3n) is 5.41. The van der Waals surface area contributed by atoms with Crippen molar-refractivity contribution in [2.24, 2.45) is 0 Å². The lowest BCUT2D eigenvalue weighted by atomic mass is 10.0. The Labute approximate surface area is 179 Å². The van der Waals surface area contributed by atoms with Crippen molar-refractivity contribution < 1.29 is 13.2 Å². The van der Waals surface area contributed by atoms with E-state index in [2.05, 4.69) is 17.4 Å². The molecule has 5 nitrogen and oxygen atoms in total. The Morgan fingerprint density at radius 3 is 2.17 bits per heavy atom. The number of benzene rings is 2. The summed E-state index contributed by atoms with van der Waals surface area (Å²) in [5.74, 6) is -0.0695. The highest BCUT2D eigenvalue weighted by atomic mass is 32.2. The van der Waals surface area contributed by atoms with Gasteiger partial charge in [0.1, 0.15) is 0 Å². The zero-order valence-electron chi connectivity index (χ0n) is 17.5. The molecule has 6 heteroatoms. The van der Waals surface area contributed by atoms with E-state index in [9.17, 15) is 13.2 Å². The predicted octanol–water partition coefficient (Wildman–Crippen LogP) is 3.68. The maximum atomic E-state index is 12.6. The highest BCUT2D eigenvalue weighted by Crippen LogP contribution is 2.18. The first-order valence-electron chi connectivity index (χ1n) is 10.5. The van der Waals surface area contributed by atoms with E-state index in [0.717, 1.165) is 24.0 Å². The first-order valence-corrected chi connectivity index (χ1v) is 12.1. The number of piperidine rings is 1. The third kappa shape index (κ3) is 6.82. The van der Waals surface area contributed by atoms with Crippen molar-refractivity contribution in [3.63, 3.8) is 0 Å². The molecule has 0 spiro atoms. The molecule has 30 heavy (non-hydrogen) atoms. The van der Waals surface area contributed by atoms with Gasteiger partial charge in [0.15, 0.2) is 0 Å². The van der Waals surface area contributed by atoms with Crippen LogP contribution in [-0.2, 0) is 27.0 Å². The molecule has 0 saturated carbocycles. The van der Waals surface area contributed by atoms with Crippen molar-refractivity contribution in [3.8, 4) is 0 Å². The number of carbonyl (C=O) groups excluding carboxylic acids is 1. The minimum atomic E-state index is -3.33. The Hall–Kier alpha value is -2.44. The summed E-state index contributed by atoms with van der Waals surface area (Å²) in [7, 11) is -3.33. The minimum Gasteiger partial charge on any atom is -0.350 e. The number of nitrogens with one attached hydrogen (secondary N) is 1. The van der Waals surface area contributed by atoms with Gasteiger partial charge in [-0.25, -0.2) is 12.7 Å². The SMILES string of the molecule is C/C(=C/C(=O)NC1CCN(S(=O)(=O)Cc2ccccc2)CC1)CCc1ccccc1. The Morgan fingerprint density at radius 1 is 1.00 bits per heavy atom. The Bertz CT molecular complexity index is 948. The van der Waals surface area contributed by atoms with E-state index in [1.165, 1.54) is 5.56 Å². The smallest absolute Gasteiger partial charge is 0.244 e. The molecular weight excluding hydrogens is 396 g/mol. The van der Waals surface area contributed by atoms with Crippen LogP contribution in [0.5, 0.6) is 0 Å². The molecule has 0 aromatic heterocycles. The van der Waals surface area contributed by atoms with Gasteiger partial charge in [-0.15, -0.1) is 0 Å². The van der Waals surface area contributed by atoms with Crippen molar-refractivity contribution in [2.45, 2.75) is 44.4 Å². The maximum absolute atomic E-state index is 12.6. The summed E-state index contributed by atoms with van der Waals surface area (Å²) in [6, 6.07) is 19.5. The first-order chi connectivity index (χ1) is 14.4. The van der Waals surface area contributed by atoms with Gasteiger partial charge in [0, 0.05) is 25.2 Å². The van der Waals surface area contributed by atoms with E-state index in [0.29, 0.717) is 25.9 Å². The highest BCUT2D eigenvalue weighted by molar-refractivity contribution is 7.88. The fourth-order valence-corrected chi connectivity index (χ4v) is 5.24.